The first-order valence-electron chi connectivity index (χ1n) is 8.79. The number of carbonyl (C=O) groups is 2. The molecule has 0 spiro atoms. The van der Waals surface area contributed by atoms with Crippen LogP contribution < -0.4 is 5.32 Å². The van der Waals surface area contributed by atoms with E-state index in [4.69, 9.17) is 4.74 Å². The van der Waals surface area contributed by atoms with Crippen molar-refractivity contribution in [2.75, 3.05) is 11.1 Å². The Morgan fingerprint density at radius 1 is 1.07 bits per heavy atom. The van der Waals surface area contributed by atoms with E-state index < -0.39 is 22.9 Å². The van der Waals surface area contributed by atoms with Crippen molar-refractivity contribution < 1.29 is 19.2 Å². The summed E-state index contributed by atoms with van der Waals surface area (Å²) in [5, 5.41) is 15.3. The van der Waals surface area contributed by atoms with E-state index in [0.29, 0.717) is 10.6 Å². The van der Waals surface area contributed by atoms with Crippen LogP contribution in [0.2, 0.25) is 0 Å². The molecule has 0 aliphatic heterocycles. The number of rotatable bonds is 7. The molecule has 1 atom stereocenters. The van der Waals surface area contributed by atoms with E-state index in [9.17, 15) is 19.7 Å². The molecule has 3 aromatic rings. The first-order chi connectivity index (χ1) is 13.9. The second-order valence-electron chi connectivity index (χ2n) is 6.19. The maximum absolute atomic E-state index is 12.4. The van der Waals surface area contributed by atoms with Crippen LogP contribution in [0.4, 0.5) is 11.4 Å². The number of carbonyl (C=O) groups excluding carboxylic acids is 2. The Kier molecular flexibility index (Phi) is 6.46. The average molecular weight is 410 g/mol. The summed E-state index contributed by atoms with van der Waals surface area (Å²) >= 11 is 1.18. The number of anilines is 1. The lowest BCUT2D eigenvalue weighted by molar-refractivity contribution is -0.384. The molecular formula is C21H18N2O5S. The molecule has 0 radical (unpaired) electrons. The van der Waals surface area contributed by atoms with Crippen molar-refractivity contribution in [3.63, 3.8) is 0 Å². The molecule has 0 bridgehead atoms. The molecule has 0 heterocycles. The number of esters is 1. The number of benzene rings is 3. The zero-order valence-corrected chi connectivity index (χ0v) is 16.3. The van der Waals surface area contributed by atoms with Gasteiger partial charge in [0.25, 0.3) is 11.6 Å². The minimum Gasteiger partial charge on any atom is -0.452 e. The standard InChI is InChI=1S/C21H18N2O5S/c1-14(21(25)22-19-8-4-6-15-5-2-3-7-18(15)19)28-20(24)13-29-17-11-9-16(10-12-17)23(26)27/h2-12,14H,13H2,1H3,(H,22,25)/t14-/m0/s1. The molecule has 148 valence electrons. The molecular weight excluding hydrogens is 392 g/mol. The number of hydrogen-bond acceptors (Lipinski definition) is 6. The molecule has 0 saturated carbocycles. The molecule has 0 aliphatic rings. The molecule has 8 heteroatoms. The van der Waals surface area contributed by atoms with Gasteiger partial charge in [0, 0.05) is 28.1 Å². The fraction of sp³-hybridized carbons (Fsp3) is 0.143. The summed E-state index contributed by atoms with van der Waals surface area (Å²) in [4.78, 5) is 35.3. The number of amides is 1. The van der Waals surface area contributed by atoms with E-state index in [-0.39, 0.29) is 11.4 Å². The number of nitro groups is 1. The lowest BCUT2D eigenvalue weighted by atomic mass is 10.1. The number of hydrogen-bond donors (Lipinski definition) is 1. The predicted molar refractivity (Wildman–Crippen MR) is 112 cm³/mol. The van der Waals surface area contributed by atoms with Crippen LogP contribution in [0.3, 0.4) is 0 Å². The maximum atomic E-state index is 12.4. The van der Waals surface area contributed by atoms with Gasteiger partial charge in [0.1, 0.15) is 0 Å². The topological polar surface area (TPSA) is 98.5 Å². The second-order valence-corrected chi connectivity index (χ2v) is 7.24. The van der Waals surface area contributed by atoms with Crippen molar-refractivity contribution in [1.29, 1.82) is 0 Å². The predicted octanol–water partition coefficient (Wildman–Crippen LogP) is 4.41. The fourth-order valence-electron chi connectivity index (χ4n) is 2.66. The summed E-state index contributed by atoms with van der Waals surface area (Å²) in [6.07, 6.45) is -0.959. The van der Waals surface area contributed by atoms with Crippen LogP contribution in [0.5, 0.6) is 0 Å². The number of fused-ring (bicyclic) bond motifs is 1. The molecule has 3 rings (SSSR count). The van der Waals surface area contributed by atoms with Gasteiger partial charge in [-0.15, -0.1) is 11.8 Å². The van der Waals surface area contributed by atoms with Crippen LogP contribution in [-0.4, -0.2) is 28.7 Å². The van der Waals surface area contributed by atoms with E-state index in [1.54, 1.807) is 18.2 Å². The molecule has 29 heavy (non-hydrogen) atoms. The van der Waals surface area contributed by atoms with E-state index in [1.807, 2.05) is 36.4 Å². The van der Waals surface area contributed by atoms with Crippen LogP contribution in [0.1, 0.15) is 6.92 Å². The van der Waals surface area contributed by atoms with Crippen LogP contribution in [-0.2, 0) is 14.3 Å². The highest BCUT2D eigenvalue weighted by Gasteiger charge is 2.19. The Balaban J connectivity index is 1.53. The molecule has 0 fully saturated rings. The van der Waals surface area contributed by atoms with Crippen LogP contribution in [0, 0.1) is 10.1 Å². The number of nitro benzene ring substituents is 1. The summed E-state index contributed by atoms with van der Waals surface area (Å²) in [6.45, 7) is 1.51. The van der Waals surface area contributed by atoms with Gasteiger partial charge in [-0.25, -0.2) is 0 Å². The Hall–Kier alpha value is -3.39. The smallest absolute Gasteiger partial charge is 0.317 e. The van der Waals surface area contributed by atoms with Crippen molar-refractivity contribution in [3.8, 4) is 0 Å². The fourth-order valence-corrected chi connectivity index (χ4v) is 3.34. The number of non-ortho nitro benzene ring substituents is 1. The summed E-state index contributed by atoms with van der Waals surface area (Å²) in [6, 6.07) is 19.1. The molecule has 3 aromatic carbocycles. The molecule has 0 aliphatic carbocycles. The Morgan fingerprint density at radius 3 is 2.48 bits per heavy atom. The first-order valence-corrected chi connectivity index (χ1v) is 9.78. The summed E-state index contributed by atoms with van der Waals surface area (Å²) in [5.74, 6) is -0.979. The van der Waals surface area contributed by atoms with Gasteiger partial charge in [0.05, 0.1) is 10.7 Å². The number of nitrogens with one attached hydrogen (secondary N) is 1. The summed E-state index contributed by atoms with van der Waals surface area (Å²) < 4.78 is 5.20. The van der Waals surface area contributed by atoms with Gasteiger partial charge in [0.2, 0.25) is 0 Å². The Labute approximate surface area is 171 Å². The van der Waals surface area contributed by atoms with E-state index >= 15 is 0 Å². The monoisotopic (exact) mass is 410 g/mol. The quantitative estimate of drug-likeness (QED) is 0.268. The molecule has 0 unspecified atom stereocenters. The van der Waals surface area contributed by atoms with Crippen molar-refractivity contribution in [2.45, 2.75) is 17.9 Å². The average Bonchev–Trinajstić information content (AvgIpc) is 2.72. The van der Waals surface area contributed by atoms with Crippen molar-refractivity contribution in [2.24, 2.45) is 0 Å². The first kappa shape index (κ1) is 20.3. The second kappa shape index (κ2) is 9.20. The van der Waals surface area contributed by atoms with Crippen molar-refractivity contribution in [3.05, 3.63) is 76.8 Å². The largest absolute Gasteiger partial charge is 0.452 e. The van der Waals surface area contributed by atoms with Gasteiger partial charge in [-0.3, -0.25) is 19.7 Å². The van der Waals surface area contributed by atoms with Crippen LogP contribution >= 0.6 is 11.8 Å². The van der Waals surface area contributed by atoms with Crippen LogP contribution in [0.15, 0.2) is 71.6 Å². The zero-order valence-electron chi connectivity index (χ0n) is 15.5. The van der Waals surface area contributed by atoms with Gasteiger partial charge >= 0.3 is 5.97 Å². The van der Waals surface area contributed by atoms with Crippen molar-refractivity contribution in [1.82, 2.24) is 0 Å². The van der Waals surface area contributed by atoms with Gasteiger partial charge < -0.3 is 10.1 Å². The van der Waals surface area contributed by atoms with Gasteiger partial charge in [-0.1, -0.05) is 36.4 Å². The molecule has 1 amide bonds. The lowest BCUT2D eigenvalue weighted by Crippen LogP contribution is -2.30. The minimum absolute atomic E-state index is 0.0102. The highest BCUT2D eigenvalue weighted by atomic mass is 32.2. The molecule has 0 saturated heterocycles. The highest BCUT2D eigenvalue weighted by Crippen LogP contribution is 2.24. The van der Waals surface area contributed by atoms with Gasteiger partial charge in [-0.2, -0.15) is 0 Å². The third-order valence-electron chi connectivity index (χ3n) is 4.13. The Bertz CT molecular complexity index is 1050. The van der Waals surface area contributed by atoms with Crippen molar-refractivity contribution >= 4 is 45.8 Å². The van der Waals surface area contributed by atoms with E-state index in [2.05, 4.69) is 5.32 Å². The lowest BCUT2D eigenvalue weighted by Gasteiger charge is -2.14. The van der Waals surface area contributed by atoms with Gasteiger partial charge in [-0.05, 0) is 30.5 Å². The van der Waals surface area contributed by atoms with Gasteiger partial charge in [0.15, 0.2) is 6.10 Å². The number of ether oxygens (including phenoxy) is 1. The SMILES string of the molecule is C[C@H](OC(=O)CSc1ccc([N+](=O)[O-])cc1)C(=O)Nc1cccc2ccccc12. The molecule has 7 nitrogen and oxygen atoms in total. The maximum Gasteiger partial charge on any atom is 0.317 e. The normalized spacial score (nSPS) is 11.6. The van der Waals surface area contributed by atoms with E-state index in [1.165, 1.54) is 30.8 Å². The van der Waals surface area contributed by atoms with E-state index in [0.717, 1.165) is 10.8 Å². The number of nitrogens with zero attached hydrogens (tertiary/aromatic N) is 1. The van der Waals surface area contributed by atoms with Crippen LogP contribution in [0.25, 0.3) is 10.8 Å². The summed E-state index contributed by atoms with van der Waals surface area (Å²) in [5.41, 5.74) is 0.631. The number of thioether (sulfide) groups is 1. The zero-order chi connectivity index (χ0) is 20.8. The molecule has 1 N–H and O–H groups in total. The Morgan fingerprint density at radius 2 is 1.76 bits per heavy atom. The molecule has 0 aromatic heterocycles. The summed E-state index contributed by atoms with van der Waals surface area (Å²) in [7, 11) is 0. The third-order valence-corrected chi connectivity index (χ3v) is 5.11. The highest BCUT2D eigenvalue weighted by molar-refractivity contribution is 8.00. The third kappa shape index (κ3) is 5.32. The minimum atomic E-state index is -0.959.